The van der Waals surface area contributed by atoms with E-state index in [0.29, 0.717) is 16.1 Å². The van der Waals surface area contributed by atoms with Crippen LogP contribution in [0.5, 0.6) is 0 Å². The van der Waals surface area contributed by atoms with E-state index in [9.17, 15) is 15.1 Å². The van der Waals surface area contributed by atoms with Crippen LogP contribution in [0.25, 0.3) is 0 Å². The second kappa shape index (κ2) is 4.55. The zero-order valence-corrected chi connectivity index (χ0v) is 10.1. The Labute approximate surface area is 94.9 Å². The summed E-state index contributed by atoms with van der Waals surface area (Å²) in [7, 11) is 0. The van der Waals surface area contributed by atoms with Gasteiger partial charge in [-0.2, -0.15) is 0 Å². The fourth-order valence-corrected chi connectivity index (χ4v) is 1.77. The van der Waals surface area contributed by atoms with E-state index in [2.05, 4.69) is 0 Å². The molecule has 0 unspecified atom stereocenters. The van der Waals surface area contributed by atoms with E-state index in [0.717, 1.165) is 6.42 Å². The van der Waals surface area contributed by atoms with Crippen LogP contribution in [0.4, 0.5) is 0 Å². The molecular formula is C11H18N2O3. The summed E-state index contributed by atoms with van der Waals surface area (Å²) in [5.41, 5.74) is 1.26. The minimum absolute atomic E-state index is 0.0111. The molecule has 5 heteroatoms. The first-order valence-corrected chi connectivity index (χ1v) is 5.40. The molecule has 0 aliphatic carbocycles. The number of carboxylic acid groups (broad SMARTS) is 1. The molecule has 1 rings (SSSR count). The summed E-state index contributed by atoms with van der Waals surface area (Å²) in [4.78, 5) is 11.2. The Balaban J connectivity index is 3.21. The van der Waals surface area contributed by atoms with Crippen LogP contribution >= 0.6 is 0 Å². The molecule has 0 fully saturated rings. The quantitative estimate of drug-likeness (QED) is 0.623. The van der Waals surface area contributed by atoms with Crippen LogP contribution in [-0.4, -0.2) is 15.6 Å². The summed E-state index contributed by atoms with van der Waals surface area (Å²) in [6.07, 6.45) is 2.07. The molecule has 0 saturated carbocycles. The van der Waals surface area contributed by atoms with E-state index in [1.807, 2.05) is 13.8 Å². The maximum atomic E-state index is 11.4. The topological polar surface area (TPSA) is 69.2 Å². The van der Waals surface area contributed by atoms with Crippen LogP contribution in [-0.2, 0) is 4.79 Å². The Hall–Kier alpha value is -1.52. The van der Waals surface area contributed by atoms with E-state index in [-0.39, 0.29) is 5.92 Å². The third-order valence-electron chi connectivity index (χ3n) is 3.21. The number of hydrogen-bond acceptors (Lipinski definition) is 2. The molecule has 0 bridgehead atoms. The van der Waals surface area contributed by atoms with Crippen LogP contribution in [0.2, 0.25) is 0 Å². The monoisotopic (exact) mass is 226 g/mol. The maximum absolute atomic E-state index is 11.4. The summed E-state index contributed by atoms with van der Waals surface area (Å²) in [5.74, 6) is -0.906. The van der Waals surface area contributed by atoms with Crippen molar-refractivity contribution in [2.24, 2.45) is 5.92 Å². The van der Waals surface area contributed by atoms with Gasteiger partial charge in [-0.1, -0.05) is 13.8 Å². The Bertz CT molecular complexity index is 398. The van der Waals surface area contributed by atoms with Crippen LogP contribution in [0.1, 0.15) is 37.7 Å². The number of imidazole rings is 1. The third kappa shape index (κ3) is 2.03. The number of nitrogens with zero attached hydrogens (tertiary/aromatic N) is 2. The minimum atomic E-state index is -0.895. The van der Waals surface area contributed by atoms with Crippen molar-refractivity contribution in [2.75, 3.05) is 0 Å². The van der Waals surface area contributed by atoms with Gasteiger partial charge in [-0.15, -0.1) is 0 Å². The average Bonchev–Trinajstić information content (AvgIpc) is 2.46. The molecule has 1 heterocycles. The van der Waals surface area contributed by atoms with Crippen molar-refractivity contribution in [2.45, 2.75) is 40.2 Å². The van der Waals surface area contributed by atoms with Gasteiger partial charge in [0.15, 0.2) is 6.04 Å². The predicted molar refractivity (Wildman–Crippen MR) is 59.0 cm³/mol. The van der Waals surface area contributed by atoms with E-state index in [4.69, 9.17) is 0 Å². The maximum Gasteiger partial charge on any atom is 0.349 e. The van der Waals surface area contributed by atoms with Gasteiger partial charge < -0.3 is 10.3 Å². The van der Waals surface area contributed by atoms with E-state index >= 15 is 0 Å². The standard InChI is InChI=1S/C11H18N2O3/c1-5-7(2)10(11(14)15)12-6-13(16)9(4)8(12)3/h6-7,10H,5H2,1-4H3,(H,14,15)/t7-,10+/m1/s1. The smallest absolute Gasteiger partial charge is 0.349 e. The van der Waals surface area contributed by atoms with Gasteiger partial charge in [0, 0.05) is 19.8 Å². The lowest BCUT2D eigenvalue weighted by molar-refractivity contribution is -0.611. The van der Waals surface area contributed by atoms with Crippen molar-refractivity contribution in [1.82, 2.24) is 4.57 Å². The number of rotatable bonds is 4. The summed E-state index contributed by atoms with van der Waals surface area (Å²) >= 11 is 0. The first-order valence-electron chi connectivity index (χ1n) is 5.40. The summed E-state index contributed by atoms with van der Waals surface area (Å²) in [6, 6.07) is -0.668. The number of hydrogen-bond donors (Lipinski definition) is 1. The van der Waals surface area contributed by atoms with Gasteiger partial charge >= 0.3 is 5.97 Å². The second-order valence-corrected chi connectivity index (χ2v) is 4.19. The molecule has 2 atom stereocenters. The van der Waals surface area contributed by atoms with Crippen LogP contribution < -0.4 is 4.73 Å². The Kier molecular flexibility index (Phi) is 3.57. The zero-order valence-electron chi connectivity index (χ0n) is 10.1. The minimum Gasteiger partial charge on any atom is -0.711 e. The van der Waals surface area contributed by atoms with Gasteiger partial charge in [0.05, 0.1) is 0 Å². The molecule has 0 amide bonds. The number of aromatic nitrogens is 2. The van der Waals surface area contributed by atoms with Gasteiger partial charge in [-0.25, -0.2) is 14.1 Å². The number of aliphatic carboxylic acids is 1. The normalized spacial score (nSPS) is 14.8. The molecule has 0 aliphatic rings. The van der Waals surface area contributed by atoms with Crippen LogP contribution in [0.3, 0.4) is 0 Å². The molecule has 0 aliphatic heterocycles. The molecule has 16 heavy (non-hydrogen) atoms. The molecule has 1 aromatic heterocycles. The lowest BCUT2D eigenvalue weighted by Crippen LogP contribution is -2.29. The highest BCUT2D eigenvalue weighted by Gasteiger charge is 2.32. The van der Waals surface area contributed by atoms with Crippen LogP contribution in [0.15, 0.2) is 6.33 Å². The number of carboxylic acids is 1. The fraction of sp³-hybridized carbons (Fsp3) is 0.636. The van der Waals surface area contributed by atoms with Gasteiger partial charge in [0.25, 0.3) is 0 Å². The van der Waals surface area contributed by atoms with Crippen molar-refractivity contribution in [3.8, 4) is 0 Å². The largest absolute Gasteiger partial charge is 0.711 e. The average molecular weight is 226 g/mol. The predicted octanol–water partition coefficient (Wildman–Crippen LogP) is 1.41. The summed E-state index contributed by atoms with van der Waals surface area (Å²) in [5, 5.41) is 20.6. The van der Waals surface area contributed by atoms with Crippen molar-refractivity contribution in [3.63, 3.8) is 0 Å². The van der Waals surface area contributed by atoms with Crippen molar-refractivity contribution in [3.05, 3.63) is 22.9 Å². The number of carbonyl (C=O) groups is 1. The third-order valence-corrected chi connectivity index (χ3v) is 3.21. The fourth-order valence-electron chi connectivity index (χ4n) is 1.77. The lowest BCUT2D eigenvalue weighted by Gasteiger charge is -2.16. The first-order chi connectivity index (χ1) is 7.40. The van der Waals surface area contributed by atoms with Crippen molar-refractivity contribution in [1.29, 1.82) is 0 Å². The highest BCUT2D eigenvalue weighted by atomic mass is 16.5. The second-order valence-electron chi connectivity index (χ2n) is 4.19. The Morgan fingerprint density at radius 2 is 2.19 bits per heavy atom. The molecule has 90 valence electrons. The molecule has 1 aromatic rings. The molecule has 0 saturated heterocycles. The lowest BCUT2D eigenvalue weighted by atomic mass is 9.99. The Morgan fingerprint density at radius 3 is 2.50 bits per heavy atom. The van der Waals surface area contributed by atoms with Gasteiger partial charge in [-0.05, 0) is 6.42 Å². The zero-order chi connectivity index (χ0) is 12.5. The summed E-state index contributed by atoms with van der Waals surface area (Å²) < 4.78 is 2.27. The van der Waals surface area contributed by atoms with Gasteiger partial charge in [0.2, 0.25) is 6.33 Å². The van der Waals surface area contributed by atoms with Gasteiger partial charge in [0.1, 0.15) is 11.4 Å². The molecule has 5 nitrogen and oxygen atoms in total. The highest BCUT2D eigenvalue weighted by molar-refractivity contribution is 5.72. The molecule has 0 spiro atoms. The first kappa shape index (κ1) is 12.5. The van der Waals surface area contributed by atoms with Crippen LogP contribution in [0, 0.1) is 25.0 Å². The summed E-state index contributed by atoms with van der Waals surface area (Å²) in [6.45, 7) is 7.27. The highest BCUT2D eigenvalue weighted by Crippen LogP contribution is 2.23. The molecule has 0 aromatic carbocycles. The molecular weight excluding hydrogens is 208 g/mol. The van der Waals surface area contributed by atoms with E-state index < -0.39 is 12.0 Å². The van der Waals surface area contributed by atoms with E-state index in [1.54, 1.807) is 18.4 Å². The van der Waals surface area contributed by atoms with Crippen molar-refractivity contribution >= 4 is 5.97 Å². The Morgan fingerprint density at radius 1 is 1.62 bits per heavy atom. The van der Waals surface area contributed by atoms with Gasteiger partial charge in [-0.3, -0.25) is 0 Å². The molecule has 0 radical (unpaired) electrons. The molecule has 1 N–H and O–H groups in total. The van der Waals surface area contributed by atoms with E-state index in [1.165, 1.54) is 6.33 Å². The SMILES string of the molecule is CC[C@@H](C)[C@@H](C(=O)O)n1c[n+]([O-])c(C)c1C. The van der Waals surface area contributed by atoms with Crippen molar-refractivity contribution < 1.29 is 14.6 Å².